The molecule has 4 nitrogen and oxygen atoms in total. The van der Waals surface area contributed by atoms with Crippen LogP contribution < -0.4 is 5.73 Å². The Morgan fingerprint density at radius 2 is 1.94 bits per heavy atom. The van der Waals surface area contributed by atoms with Crippen LogP contribution in [0.15, 0.2) is 18.2 Å². The number of nitrogens with zero attached hydrogens (tertiary/aromatic N) is 1. The Balaban J connectivity index is 0.00000256. The van der Waals surface area contributed by atoms with Gasteiger partial charge in [0.15, 0.2) is 0 Å². The van der Waals surface area contributed by atoms with E-state index in [0.717, 1.165) is 12.1 Å². The Labute approximate surface area is 106 Å². The van der Waals surface area contributed by atoms with Crippen molar-refractivity contribution < 1.29 is 9.31 Å². The third kappa shape index (κ3) is 3.64. The van der Waals surface area contributed by atoms with Gasteiger partial charge in [0.25, 0.3) is 0 Å². The lowest BCUT2D eigenvalue weighted by molar-refractivity contribution is -0.387. The molecule has 0 bridgehead atoms. The molecule has 0 spiro atoms. The standard InChI is InChI=1S/C11H15FN2O2.ClH/c1-11(2,3)10(13)7-4-5-9(14(15)16)8(12)6-7;/h4-6,10H,13H2,1-3H3;1H. The fourth-order valence-corrected chi connectivity index (χ4v) is 1.36. The van der Waals surface area contributed by atoms with E-state index in [4.69, 9.17) is 5.73 Å². The summed E-state index contributed by atoms with van der Waals surface area (Å²) < 4.78 is 13.4. The molecule has 0 aliphatic carbocycles. The van der Waals surface area contributed by atoms with Crippen LogP contribution in [-0.4, -0.2) is 4.92 Å². The lowest BCUT2D eigenvalue weighted by Gasteiger charge is -2.27. The zero-order valence-electron chi connectivity index (χ0n) is 9.94. The molecular weight excluding hydrogens is 247 g/mol. The number of nitro groups is 1. The highest BCUT2D eigenvalue weighted by molar-refractivity contribution is 5.85. The Morgan fingerprint density at radius 1 is 1.41 bits per heavy atom. The van der Waals surface area contributed by atoms with Gasteiger partial charge in [-0.05, 0) is 17.0 Å². The molecule has 0 heterocycles. The first-order chi connectivity index (χ1) is 7.23. The van der Waals surface area contributed by atoms with E-state index < -0.39 is 16.4 Å². The van der Waals surface area contributed by atoms with Crippen molar-refractivity contribution in [2.45, 2.75) is 26.8 Å². The predicted molar refractivity (Wildman–Crippen MR) is 66.7 cm³/mol. The average Bonchev–Trinajstić information content (AvgIpc) is 2.14. The van der Waals surface area contributed by atoms with Crippen LogP contribution in [-0.2, 0) is 0 Å². The van der Waals surface area contributed by atoms with Crippen molar-refractivity contribution in [1.82, 2.24) is 0 Å². The van der Waals surface area contributed by atoms with Gasteiger partial charge in [-0.15, -0.1) is 12.4 Å². The second-order valence-electron chi connectivity index (χ2n) is 4.81. The minimum Gasteiger partial charge on any atom is -0.324 e. The Morgan fingerprint density at radius 3 is 2.29 bits per heavy atom. The summed E-state index contributed by atoms with van der Waals surface area (Å²) in [5.74, 6) is -0.845. The van der Waals surface area contributed by atoms with Crippen molar-refractivity contribution in [1.29, 1.82) is 0 Å². The molecule has 1 unspecified atom stereocenters. The molecule has 0 saturated heterocycles. The molecule has 0 fully saturated rings. The predicted octanol–water partition coefficient (Wildman–Crippen LogP) is 3.20. The molecule has 6 heteroatoms. The first-order valence-corrected chi connectivity index (χ1v) is 4.93. The van der Waals surface area contributed by atoms with Gasteiger partial charge in [0.05, 0.1) is 4.92 Å². The summed E-state index contributed by atoms with van der Waals surface area (Å²) in [6, 6.07) is 3.42. The van der Waals surface area contributed by atoms with E-state index in [0.29, 0.717) is 5.56 Å². The minimum absolute atomic E-state index is 0. The Hall–Kier alpha value is -1.20. The molecule has 0 aliphatic rings. The fourth-order valence-electron chi connectivity index (χ4n) is 1.36. The fraction of sp³-hybridized carbons (Fsp3) is 0.455. The van der Waals surface area contributed by atoms with Crippen LogP contribution in [0.5, 0.6) is 0 Å². The number of rotatable bonds is 2. The van der Waals surface area contributed by atoms with E-state index in [1.54, 1.807) is 0 Å². The summed E-state index contributed by atoms with van der Waals surface area (Å²) in [6.45, 7) is 5.78. The number of hydrogen-bond donors (Lipinski definition) is 1. The molecule has 96 valence electrons. The summed E-state index contributed by atoms with van der Waals surface area (Å²) >= 11 is 0. The molecular formula is C11H16ClFN2O2. The zero-order valence-corrected chi connectivity index (χ0v) is 10.8. The molecule has 1 atom stereocenters. The Bertz CT molecular complexity index is 418. The van der Waals surface area contributed by atoms with Gasteiger partial charge in [0, 0.05) is 12.1 Å². The molecule has 2 N–H and O–H groups in total. The molecule has 0 amide bonds. The van der Waals surface area contributed by atoms with Crippen LogP contribution in [0.1, 0.15) is 32.4 Å². The lowest BCUT2D eigenvalue weighted by atomic mass is 9.83. The van der Waals surface area contributed by atoms with E-state index in [-0.39, 0.29) is 23.9 Å². The van der Waals surface area contributed by atoms with Gasteiger partial charge in [-0.3, -0.25) is 10.1 Å². The SMILES string of the molecule is CC(C)(C)C(N)c1ccc([N+](=O)[O-])c(F)c1.Cl. The van der Waals surface area contributed by atoms with Crippen molar-refractivity contribution in [3.8, 4) is 0 Å². The van der Waals surface area contributed by atoms with Crippen LogP contribution in [0.4, 0.5) is 10.1 Å². The lowest BCUT2D eigenvalue weighted by Crippen LogP contribution is -2.26. The number of halogens is 2. The van der Waals surface area contributed by atoms with Crippen molar-refractivity contribution in [2.75, 3.05) is 0 Å². The summed E-state index contributed by atoms with van der Waals surface area (Å²) in [4.78, 5) is 9.69. The van der Waals surface area contributed by atoms with Crippen LogP contribution in [0, 0.1) is 21.3 Å². The summed E-state index contributed by atoms with van der Waals surface area (Å²) in [6.07, 6.45) is 0. The topological polar surface area (TPSA) is 69.2 Å². The van der Waals surface area contributed by atoms with E-state index in [2.05, 4.69) is 0 Å². The second kappa shape index (κ2) is 5.42. The Kier molecular flexibility index (Phi) is 5.04. The van der Waals surface area contributed by atoms with Crippen molar-refractivity contribution in [2.24, 2.45) is 11.1 Å². The van der Waals surface area contributed by atoms with Gasteiger partial charge in [-0.2, -0.15) is 4.39 Å². The van der Waals surface area contributed by atoms with Gasteiger partial charge in [-0.1, -0.05) is 26.8 Å². The highest BCUT2D eigenvalue weighted by Gasteiger charge is 2.24. The van der Waals surface area contributed by atoms with E-state index in [1.165, 1.54) is 6.07 Å². The smallest absolute Gasteiger partial charge is 0.304 e. The minimum atomic E-state index is -0.845. The molecule has 1 rings (SSSR count). The third-order valence-electron chi connectivity index (χ3n) is 2.46. The average molecular weight is 263 g/mol. The highest BCUT2D eigenvalue weighted by atomic mass is 35.5. The maximum Gasteiger partial charge on any atom is 0.304 e. The van der Waals surface area contributed by atoms with Gasteiger partial charge in [0.1, 0.15) is 0 Å². The maximum absolute atomic E-state index is 13.4. The normalized spacial score (nSPS) is 12.8. The number of nitro benzene ring substituents is 1. The number of nitrogens with two attached hydrogens (primary N) is 1. The van der Waals surface area contributed by atoms with Crippen molar-refractivity contribution in [3.63, 3.8) is 0 Å². The van der Waals surface area contributed by atoms with E-state index >= 15 is 0 Å². The van der Waals surface area contributed by atoms with E-state index in [9.17, 15) is 14.5 Å². The molecule has 0 radical (unpaired) electrons. The molecule has 0 aliphatic heterocycles. The van der Waals surface area contributed by atoms with Crippen LogP contribution >= 0.6 is 12.4 Å². The van der Waals surface area contributed by atoms with Crippen LogP contribution in [0.25, 0.3) is 0 Å². The zero-order chi connectivity index (χ0) is 12.5. The van der Waals surface area contributed by atoms with E-state index in [1.807, 2.05) is 20.8 Å². The molecule has 1 aromatic rings. The summed E-state index contributed by atoms with van der Waals surface area (Å²) in [7, 11) is 0. The van der Waals surface area contributed by atoms with Gasteiger partial charge < -0.3 is 5.73 Å². The van der Waals surface area contributed by atoms with Crippen LogP contribution in [0.3, 0.4) is 0 Å². The van der Waals surface area contributed by atoms with Crippen LogP contribution in [0.2, 0.25) is 0 Å². The highest BCUT2D eigenvalue weighted by Crippen LogP contribution is 2.32. The maximum atomic E-state index is 13.4. The first-order valence-electron chi connectivity index (χ1n) is 4.93. The quantitative estimate of drug-likeness (QED) is 0.657. The largest absolute Gasteiger partial charge is 0.324 e. The molecule has 17 heavy (non-hydrogen) atoms. The molecule has 0 aromatic heterocycles. The second-order valence-corrected chi connectivity index (χ2v) is 4.81. The van der Waals surface area contributed by atoms with Gasteiger partial charge in [-0.25, -0.2) is 0 Å². The monoisotopic (exact) mass is 262 g/mol. The van der Waals surface area contributed by atoms with Crippen molar-refractivity contribution in [3.05, 3.63) is 39.7 Å². The van der Waals surface area contributed by atoms with Gasteiger partial charge in [0.2, 0.25) is 5.82 Å². The summed E-state index contributed by atoms with van der Waals surface area (Å²) in [5, 5.41) is 10.4. The third-order valence-corrected chi connectivity index (χ3v) is 2.46. The molecule has 1 aromatic carbocycles. The first kappa shape index (κ1) is 15.8. The number of hydrogen-bond acceptors (Lipinski definition) is 3. The molecule has 0 saturated carbocycles. The summed E-state index contributed by atoms with van der Waals surface area (Å²) in [5.41, 5.74) is 5.75. The van der Waals surface area contributed by atoms with Crippen molar-refractivity contribution >= 4 is 18.1 Å². The number of benzene rings is 1. The van der Waals surface area contributed by atoms with Gasteiger partial charge >= 0.3 is 5.69 Å².